The van der Waals surface area contributed by atoms with Crippen LogP contribution in [0.25, 0.3) is 10.9 Å². The number of rotatable bonds is 4. The maximum absolute atomic E-state index is 13.6. The molecule has 5 heteroatoms. The van der Waals surface area contributed by atoms with Gasteiger partial charge < -0.3 is 5.32 Å². The Morgan fingerprint density at radius 1 is 0.933 bits per heavy atom. The van der Waals surface area contributed by atoms with Crippen LogP contribution in [0, 0.1) is 11.6 Å². The van der Waals surface area contributed by atoms with Crippen LogP contribution >= 0.6 is 0 Å². The number of halogens is 2. The van der Waals surface area contributed by atoms with E-state index in [0.717, 1.165) is 36.9 Å². The lowest BCUT2D eigenvalue weighted by atomic mass is 9.99. The molecule has 1 heterocycles. The molecule has 0 bridgehead atoms. The molecule has 0 aliphatic heterocycles. The highest BCUT2D eigenvalue weighted by molar-refractivity contribution is 6.16. The summed E-state index contributed by atoms with van der Waals surface area (Å²) < 4.78 is 27.1. The molecule has 1 N–H and O–H groups in total. The average molecular weight is 400 g/mol. The molecule has 148 valence electrons. The zero-order valence-electron chi connectivity index (χ0n) is 16.0. The summed E-state index contributed by atoms with van der Waals surface area (Å²) >= 11 is 0. The van der Waals surface area contributed by atoms with Gasteiger partial charge in [-0.3, -0.25) is 4.79 Å². The largest absolute Gasteiger partial charge is 0.363 e. The van der Waals surface area contributed by atoms with Gasteiger partial charge in [0.25, 0.3) is 0 Å². The molecule has 30 heavy (non-hydrogen) atoms. The van der Waals surface area contributed by atoms with Crippen LogP contribution in [0.2, 0.25) is 0 Å². The number of hydrogen-bond acceptors (Lipinski definition) is 3. The van der Waals surface area contributed by atoms with Gasteiger partial charge in [-0.1, -0.05) is 36.4 Å². The normalized spacial score (nSPS) is 15.2. The highest BCUT2D eigenvalue weighted by Crippen LogP contribution is 2.33. The predicted molar refractivity (Wildman–Crippen MR) is 113 cm³/mol. The molecule has 3 nitrogen and oxygen atoms in total. The molecule has 0 radical (unpaired) electrons. The van der Waals surface area contributed by atoms with Crippen LogP contribution in [0.5, 0.6) is 0 Å². The number of pyridine rings is 1. The molecule has 0 amide bonds. The summed E-state index contributed by atoms with van der Waals surface area (Å²) in [7, 11) is 0. The van der Waals surface area contributed by atoms with E-state index in [1.165, 1.54) is 11.1 Å². The molecule has 1 atom stereocenters. The molecular weight excluding hydrogens is 382 g/mol. The minimum Gasteiger partial charge on any atom is -0.363 e. The second-order valence-corrected chi connectivity index (χ2v) is 7.49. The van der Waals surface area contributed by atoms with Crippen molar-refractivity contribution in [3.05, 3.63) is 107 Å². The molecule has 0 saturated carbocycles. The van der Waals surface area contributed by atoms with Gasteiger partial charge in [-0.15, -0.1) is 0 Å². The lowest BCUT2D eigenvalue weighted by Crippen LogP contribution is -2.09. The maximum atomic E-state index is 13.6. The molecule has 0 saturated heterocycles. The quantitative estimate of drug-likeness (QED) is 0.438. The van der Waals surface area contributed by atoms with Crippen molar-refractivity contribution in [1.82, 2.24) is 4.98 Å². The molecule has 0 unspecified atom stereocenters. The average Bonchev–Trinajstić information content (AvgIpc) is 3.15. The fraction of sp³-hybridized carbons (Fsp3) is 0.120. The van der Waals surface area contributed by atoms with Gasteiger partial charge in [0.15, 0.2) is 5.78 Å². The summed E-state index contributed by atoms with van der Waals surface area (Å²) in [6.45, 7) is 0. The van der Waals surface area contributed by atoms with Crippen LogP contribution in [0.15, 0.2) is 72.8 Å². The summed E-state index contributed by atoms with van der Waals surface area (Å²) in [6, 6.07) is 20.3. The van der Waals surface area contributed by atoms with Gasteiger partial charge in [-0.25, -0.2) is 13.8 Å². The number of aromatic nitrogens is 1. The van der Waals surface area contributed by atoms with Crippen LogP contribution in [-0.4, -0.2) is 10.8 Å². The zero-order valence-corrected chi connectivity index (χ0v) is 16.0. The minimum absolute atomic E-state index is 0.0234. The number of anilines is 1. The van der Waals surface area contributed by atoms with E-state index in [1.807, 2.05) is 24.3 Å². The van der Waals surface area contributed by atoms with Gasteiger partial charge in [0.1, 0.15) is 17.5 Å². The van der Waals surface area contributed by atoms with Gasteiger partial charge >= 0.3 is 0 Å². The summed E-state index contributed by atoms with van der Waals surface area (Å²) in [6.07, 6.45) is 2.03. The van der Waals surface area contributed by atoms with Crippen LogP contribution in [0.1, 0.15) is 39.5 Å². The highest BCUT2D eigenvalue weighted by atomic mass is 19.1. The third-order valence-corrected chi connectivity index (χ3v) is 5.56. The summed E-state index contributed by atoms with van der Waals surface area (Å²) in [4.78, 5) is 17.6. The highest BCUT2D eigenvalue weighted by Gasteiger charge is 2.22. The second kappa shape index (κ2) is 7.34. The van der Waals surface area contributed by atoms with Gasteiger partial charge in [0.05, 0.1) is 11.6 Å². The van der Waals surface area contributed by atoms with Gasteiger partial charge in [-0.2, -0.15) is 0 Å². The topological polar surface area (TPSA) is 42.0 Å². The first kappa shape index (κ1) is 18.4. The number of nitrogens with zero attached hydrogens (tertiary/aromatic N) is 1. The van der Waals surface area contributed by atoms with Gasteiger partial charge in [0.2, 0.25) is 0 Å². The van der Waals surface area contributed by atoms with Crippen molar-refractivity contribution in [3.8, 4) is 0 Å². The van der Waals surface area contributed by atoms with Gasteiger partial charge in [-0.05, 0) is 54.3 Å². The monoisotopic (exact) mass is 400 g/mol. The van der Waals surface area contributed by atoms with Gasteiger partial charge in [0, 0.05) is 22.6 Å². The van der Waals surface area contributed by atoms with E-state index in [9.17, 15) is 13.6 Å². The SMILES string of the molecule is O=C(c1cc(F)cc(F)c1)c1cccc2nc(N[C@@H]3CCc4ccccc43)ccc12. The number of hydrogen-bond donors (Lipinski definition) is 1. The van der Waals surface area contributed by atoms with Crippen molar-refractivity contribution in [1.29, 1.82) is 0 Å². The third-order valence-electron chi connectivity index (χ3n) is 5.56. The molecule has 1 aromatic heterocycles. The Hall–Kier alpha value is -3.60. The summed E-state index contributed by atoms with van der Waals surface area (Å²) in [5.41, 5.74) is 3.63. The van der Waals surface area contributed by atoms with Crippen LogP contribution in [-0.2, 0) is 6.42 Å². The molecule has 1 aliphatic carbocycles. The summed E-state index contributed by atoms with van der Waals surface area (Å²) in [5, 5.41) is 4.13. The van der Waals surface area contributed by atoms with Crippen LogP contribution in [0.3, 0.4) is 0 Å². The van der Waals surface area contributed by atoms with E-state index >= 15 is 0 Å². The van der Waals surface area contributed by atoms with Crippen molar-refractivity contribution in [2.75, 3.05) is 5.32 Å². The Labute approximate surface area is 172 Å². The van der Waals surface area contributed by atoms with E-state index in [2.05, 4.69) is 28.5 Å². The number of ketones is 1. The number of fused-ring (bicyclic) bond motifs is 2. The number of nitrogens with one attached hydrogen (secondary N) is 1. The lowest BCUT2D eigenvalue weighted by molar-refractivity contribution is 0.103. The Morgan fingerprint density at radius 3 is 2.57 bits per heavy atom. The van der Waals surface area contributed by atoms with Crippen molar-refractivity contribution in [2.45, 2.75) is 18.9 Å². The van der Waals surface area contributed by atoms with E-state index in [0.29, 0.717) is 16.5 Å². The Kier molecular flexibility index (Phi) is 4.51. The van der Waals surface area contributed by atoms with E-state index < -0.39 is 17.4 Å². The molecule has 4 aromatic rings. The molecule has 3 aromatic carbocycles. The molecule has 1 aliphatic rings. The Morgan fingerprint density at radius 2 is 1.73 bits per heavy atom. The van der Waals surface area contributed by atoms with Crippen molar-refractivity contribution in [3.63, 3.8) is 0 Å². The zero-order chi connectivity index (χ0) is 20.7. The summed E-state index contributed by atoms with van der Waals surface area (Å²) in [5.74, 6) is -1.27. The first-order valence-corrected chi connectivity index (χ1v) is 9.83. The smallest absolute Gasteiger partial charge is 0.193 e. The molecule has 5 rings (SSSR count). The Balaban J connectivity index is 1.48. The minimum atomic E-state index is -0.778. The lowest BCUT2D eigenvalue weighted by Gasteiger charge is -2.15. The molecule has 0 spiro atoms. The standard InChI is InChI=1S/C25H18F2N2O/c26-17-12-16(13-18(27)14-17)25(30)21-6-3-7-22-20(21)9-11-24(28-22)29-23-10-8-15-4-1-2-5-19(15)23/h1-7,9,11-14,23H,8,10H2,(H,28,29)/t23-/m1/s1. The van der Waals surface area contributed by atoms with E-state index in [4.69, 9.17) is 0 Å². The van der Waals surface area contributed by atoms with Crippen molar-refractivity contribution < 1.29 is 13.6 Å². The molecule has 0 fully saturated rings. The maximum Gasteiger partial charge on any atom is 0.193 e. The van der Waals surface area contributed by atoms with Crippen LogP contribution < -0.4 is 5.32 Å². The number of carbonyl (C=O) groups is 1. The number of benzene rings is 3. The third kappa shape index (κ3) is 3.32. The first-order chi connectivity index (χ1) is 14.6. The second-order valence-electron chi connectivity index (χ2n) is 7.49. The first-order valence-electron chi connectivity index (χ1n) is 9.83. The van der Waals surface area contributed by atoms with Crippen molar-refractivity contribution >= 4 is 22.5 Å². The Bertz CT molecular complexity index is 1270. The predicted octanol–water partition coefficient (Wildman–Crippen LogP) is 5.84. The number of carbonyl (C=O) groups excluding carboxylic acids is 1. The number of aryl methyl sites for hydroxylation is 1. The van der Waals surface area contributed by atoms with E-state index in [-0.39, 0.29) is 11.6 Å². The van der Waals surface area contributed by atoms with Crippen molar-refractivity contribution in [2.24, 2.45) is 0 Å². The fourth-order valence-corrected chi connectivity index (χ4v) is 4.16. The fourth-order valence-electron chi connectivity index (χ4n) is 4.16. The van der Waals surface area contributed by atoms with E-state index in [1.54, 1.807) is 12.1 Å². The molecular formula is C25H18F2N2O. The van der Waals surface area contributed by atoms with Crippen LogP contribution in [0.4, 0.5) is 14.6 Å².